The normalized spacial score (nSPS) is 15.5. The Morgan fingerprint density at radius 1 is 1.00 bits per heavy atom. The van der Waals surface area contributed by atoms with Crippen molar-refractivity contribution in [1.82, 2.24) is 0 Å². The van der Waals surface area contributed by atoms with Crippen LogP contribution >= 0.6 is 0 Å². The lowest BCUT2D eigenvalue weighted by molar-refractivity contribution is 0.0692. The molecule has 0 aliphatic carbocycles. The number of hydrogen-bond donors (Lipinski definition) is 2. The number of anilines is 1. The van der Waals surface area contributed by atoms with E-state index < -0.39 is 11.8 Å². The van der Waals surface area contributed by atoms with Crippen molar-refractivity contribution in [3.63, 3.8) is 0 Å². The predicted molar refractivity (Wildman–Crippen MR) is 98.5 cm³/mol. The Balaban J connectivity index is 1.89. The number of carbonyl (C=O) groups excluding carboxylic acids is 1. The molecule has 0 aromatic heterocycles. The van der Waals surface area contributed by atoms with Crippen molar-refractivity contribution in [2.24, 2.45) is 0 Å². The van der Waals surface area contributed by atoms with Gasteiger partial charge >= 0.3 is 5.97 Å². The summed E-state index contributed by atoms with van der Waals surface area (Å²) in [7, 11) is 0. The topological polar surface area (TPSA) is 77.8 Å². The van der Waals surface area contributed by atoms with E-state index >= 15 is 0 Å². The van der Waals surface area contributed by atoms with Gasteiger partial charge < -0.3 is 15.1 Å². The minimum atomic E-state index is -1.14. The Kier molecular flexibility index (Phi) is 3.94. The van der Waals surface area contributed by atoms with Gasteiger partial charge in [-0.1, -0.05) is 11.6 Å². The Morgan fingerprint density at radius 3 is 2.46 bits per heavy atom. The summed E-state index contributed by atoms with van der Waals surface area (Å²) < 4.78 is 0. The van der Waals surface area contributed by atoms with Crippen LogP contribution in [0.4, 0.5) is 5.69 Å². The van der Waals surface area contributed by atoms with Crippen molar-refractivity contribution < 1.29 is 19.8 Å². The highest BCUT2D eigenvalue weighted by Crippen LogP contribution is 2.42. The number of carboxylic acids is 1. The number of aryl methyl sites for hydroxylation is 2. The van der Waals surface area contributed by atoms with Crippen LogP contribution in [0.5, 0.6) is 5.75 Å². The van der Waals surface area contributed by atoms with Gasteiger partial charge in [-0.3, -0.25) is 4.79 Å². The van der Waals surface area contributed by atoms with Crippen LogP contribution in [0.15, 0.2) is 24.3 Å². The molecule has 0 amide bonds. The highest BCUT2D eigenvalue weighted by atomic mass is 16.4. The van der Waals surface area contributed by atoms with Crippen molar-refractivity contribution in [2.45, 2.75) is 32.6 Å². The van der Waals surface area contributed by atoms with Gasteiger partial charge in [0, 0.05) is 29.9 Å². The third kappa shape index (κ3) is 2.55. The molecular formula is C21H21NO4. The summed E-state index contributed by atoms with van der Waals surface area (Å²) in [5.41, 5.74) is 4.12. The van der Waals surface area contributed by atoms with Gasteiger partial charge in [0.2, 0.25) is 0 Å². The highest BCUT2D eigenvalue weighted by molar-refractivity contribution is 6.16. The molecule has 0 fully saturated rings. The summed E-state index contributed by atoms with van der Waals surface area (Å²) in [5, 5.41) is 20.3. The SMILES string of the molecule is Cc1ccc(C(=O)O)c(C(=O)c2cc3c4c(c2O)CCCN4CCC3)c1. The zero-order valence-corrected chi connectivity index (χ0v) is 14.7. The maximum absolute atomic E-state index is 13.2. The first-order valence-corrected chi connectivity index (χ1v) is 8.98. The molecule has 2 aromatic carbocycles. The lowest BCUT2D eigenvalue weighted by Crippen LogP contribution is -2.34. The van der Waals surface area contributed by atoms with Crippen molar-refractivity contribution >= 4 is 17.4 Å². The first-order chi connectivity index (χ1) is 12.5. The van der Waals surface area contributed by atoms with Crippen molar-refractivity contribution in [2.75, 3.05) is 18.0 Å². The summed E-state index contributed by atoms with van der Waals surface area (Å²) in [6.07, 6.45) is 3.59. The van der Waals surface area contributed by atoms with E-state index in [9.17, 15) is 19.8 Å². The van der Waals surface area contributed by atoms with Crippen molar-refractivity contribution in [3.8, 4) is 5.75 Å². The van der Waals surface area contributed by atoms with Gasteiger partial charge in [-0.25, -0.2) is 4.79 Å². The predicted octanol–water partition coefficient (Wildman–Crippen LogP) is 3.33. The molecule has 0 saturated carbocycles. The molecule has 0 spiro atoms. The smallest absolute Gasteiger partial charge is 0.336 e. The number of benzene rings is 2. The van der Waals surface area contributed by atoms with E-state index in [0.717, 1.165) is 61.2 Å². The standard InChI is InChI=1S/C21H21NO4/c1-12-6-7-14(21(25)26)16(10-12)20(24)17-11-13-4-2-8-22-9-3-5-15(18(13)22)19(17)23/h6-7,10-11,23H,2-5,8-9H2,1H3,(H,25,26). The van der Waals surface area contributed by atoms with Gasteiger partial charge in [0.15, 0.2) is 5.78 Å². The number of aromatic carboxylic acids is 1. The molecule has 0 unspecified atom stereocenters. The molecule has 0 saturated heterocycles. The Bertz CT molecular complexity index is 930. The first-order valence-electron chi connectivity index (χ1n) is 8.98. The molecule has 134 valence electrons. The zero-order chi connectivity index (χ0) is 18.4. The first kappa shape index (κ1) is 16.6. The number of phenolic OH excluding ortho intramolecular Hbond substituents is 1. The molecule has 2 N–H and O–H groups in total. The summed E-state index contributed by atoms with van der Waals surface area (Å²) in [4.78, 5) is 27.0. The number of nitrogens with zero attached hydrogens (tertiary/aromatic N) is 1. The Hall–Kier alpha value is -2.82. The highest BCUT2D eigenvalue weighted by Gasteiger charge is 2.30. The van der Waals surface area contributed by atoms with E-state index in [1.54, 1.807) is 18.2 Å². The molecule has 2 aliphatic heterocycles. The van der Waals surface area contributed by atoms with Crippen LogP contribution in [-0.2, 0) is 12.8 Å². The summed E-state index contributed by atoms with van der Waals surface area (Å²) in [5.74, 6) is -1.55. The average molecular weight is 351 g/mol. The van der Waals surface area contributed by atoms with Crippen LogP contribution < -0.4 is 4.90 Å². The van der Waals surface area contributed by atoms with Crippen LogP contribution in [0.2, 0.25) is 0 Å². The van der Waals surface area contributed by atoms with E-state index in [0.29, 0.717) is 0 Å². The quantitative estimate of drug-likeness (QED) is 0.830. The van der Waals surface area contributed by atoms with Crippen LogP contribution in [0.1, 0.15) is 55.8 Å². The molecule has 0 bridgehead atoms. The molecular weight excluding hydrogens is 330 g/mol. The molecule has 2 aromatic rings. The van der Waals surface area contributed by atoms with E-state index in [4.69, 9.17) is 0 Å². The molecule has 4 rings (SSSR count). The van der Waals surface area contributed by atoms with Gasteiger partial charge in [-0.15, -0.1) is 0 Å². The number of carboxylic acid groups (broad SMARTS) is 1. The van der Waals surface area contributed by atoms with Gasteiger partial charge in [0.1, 0.15) is 5.75 Å². The Morgan fingerprint density at radius 2 is 1.73 bits per heavy atom. The second-order valence-corrected chi connectivity index (χ2v) is 7.14. The van der Waals surface area contributed by atoms with Crippen LogP contribution in [0.3, 0.4) is 0 Å². The lowest BCUT2D eigenvalue weighted by atomic mass is 9.86. The largest absolute Gasteiger partial charge is 0.507 e. The number of aromatic hydroxyl groups is 1. The van der Waals surface area contributed by atoms with Crippen molar-refractivity contribution in [3.05, 3.63) is 57.6 Å². The molecule has 5 heteroatoms. The van der Waals surface area contributed by atoms with Crippen molar-refractivity contribution in [1.29, 1.82) is 0 Å². The fraction of sp³-hybridized carbons (Fsp3) is 0.333. The molecule has 0 atom stereocenters. The van der Waals surface area contributed by atoms with Crippen LogP contribution in [-0.4, -0.2) is 35.1 Å². The Labute approximate surface area is 151 Å². The maximum atomic E-state index is 13.2. The van der Waals surface area contributed by atoms with Gasteiger partial charge in [0.25, 0.3) is 0 Å². The lowest BCUT2D eigenvalue weighted by Gasteiger charge is -2.37. The molecule has 2 aliphatic rings. The summed E-state index contributed by atoms with van der Waals surface area (Å²) in [6, 6.07) is 6.48. The fourth-order valence-corrected chi connectivity index (χ4v) is 4.19. The molecule has 0 radical (unpaired) electrons. The second-order valence-electron chi connectivity index (χ2n) is 7.14. The van der Waals surface area contributed by atoms with Crippen LogP contribution in [0, 0.1) is 6.92 Å². The van der Waals surface area contributed by atoms with Gasteiger partial charge in [-0.2, -0.15) is 0 Å². The molecule has 26 heavy (non-hydrogen) atoms. The summed E-state index contributed by atoms with van der Waals surface area (Å²) in [6.45, 7) is 3.78. The zero-order valence-electron chi connectivity index (χ0n) is 14.7. The second kappa shape index (κ2) is 6.16. The van der Waals surface area contributed by atoms with Crippen LogP contribution in [0.25, 0.3) is 0 Å². The molecule has 5 nitrogen and oxygen atoms in total. The van der Waals surface area contributed by atoms with Gasteiger partial charge in [0.05, 0.1) is 11.1 Å². The fourth-order valence-electron chi connectivity index (χ4n) is 4.19. The minimum Gasteiger partial charge on any atom is -0.507 e. The third-order valence-corrected chi connectivity index (χ3v) is 5.39. The van der Waals surface area contributed by atoms with E-state index in [1.807, 2.05) is 6.92 Å². The number of rotatable bonds is 3. The third-order valence-electron chi connectivity index (χ3n) is 5.39. The number of ketones is 1. The summed E-state index contributed by atoms with van der Waals surface area (Å²) >= 11 is 0. The number of phenols is 1. The average Bonchev–Trinajstić information content (AvgIpc) is 2.63. The molecule has 2 heterocycles. The monoisotopic (exact) mass is 351 g/mol. The number of hydrogen-bond acceptors (Lipinski definition) is 4. The minimum absolute atomic E-state index is 0.0122. The van der Waals surface area contributed by atoms with E-state index in [-0.39, 0.29) is 22.4 Å². The number of carbonyl (C=O) groups is 2. The van der Waals surface area contributed by atoms with Gasteiger partial charge in [-0.05, 0) is 56.4 Å². The van der Waals surface area contributed by atoms with E-state index in [2.05, 4.69) is 4.90 Å². The maximum Gasteiger partial charge on any atom is 0.336 e. The van der Waals surface area contributed by atoms with E-state index in [1.165, 1.54) is 6.07 Å².